The van der Waals surface area contributed by atoms with E-state index in [1.54, 1.807) is 6.07 Å². The number of nitrogens with one attached hydrogen (secondary N) is 1. The fourth-order valence-electron chi connectivity index (χ4n) is 1.29. The number of carbonyl (C=O) groups is 2. The predicted molar refractivity (Wildman–Crippen MR) is 65.0 cm³/mol. The average Bonchev–Trinajstić information content (AvgIpc) is 2.30. The van der Waals surface area contributed by atoms with E-state index >= 15 is 0 Å². The maximum Gasteiger partial charge on any atom is 0.315 e. The van der Waals surface area contributed by atoms with Gasteiger partial charge in [0.05, 0.1) is 0 Å². The minimum absolute atomic E-state index is 0.375. The van der Waals surface area contributed by atoms with Crippen molar-refractivity contribution in [1.82, 2.24) is 5.32 Å². The van der Waals surface area contributed by atoms with Crippen molar-refractivity contribution in [3.63, 3.8) is 0 Å². The Morgan fingerprint density at radius 1 is 1.41 bits per heavy atom. The van der Waals surface area contributed by atoms with Crippen molar-refractivity contribution < 1.29 is 14.7 Å². The second kappa shape index (κ2) is 6.25. The molecule has 1 atom stereocenters. The molecule has 5 heteroatoms. The third kappa shape index (κ3) is 4.07. The molecule has 0 spiro atoms. The number of carboxylic acids is 1. The van der Waals surface area contributed by atoms with Gasteiger partial charge in [-0.25, -0.2) is 0 Å². The van der Waals surface area contributed by atoms with Crippen molar-refractivity contribution in [3.8, 4) is 0 Å². The monoisotopic (exact) mass is 255 g/mol. The third-order valence-electron chi connectivity index (χ3n) is 2.42. The molecule has 1 unspecified atom stereocenters. The summed E-state index contributed by atoms with van der Waals surface area (Å²) < 4.78 is 0. The normalized spacial score (nSPS) is 11.9. The maximum atomic E-state index is 11.3. The van der Waals surface area contributed by atoms with Gasteiger partial charge in [-0.15, -0.1) is 0 Å². The molecule has 17 heavy (non-hydrogen) atoms. The number of rotatable bonds is 5. The van der Waals surface area contributed by atoms with Crippen LogP contribution in [0.15, 0.2) is 24.3 Å². The van der Waals surface area contributed by atoms with Crippen LogP contribution in [-0.2, 0) is 16.0 Å². The van der Waals surface area contributed by atoms with E-state index in [4.69, 9.17) is 16.7 Å². The minimum Gasteiger partial charge on any atom is -0.481 e. The molecule has 0 aliphatic carbocycles. The number of aliphatic carboxylic acids is 1. The molecular weight excluding hydrogens is 242 g/mol. The standard InChI is InChI=1S/C12H14ClNO3/c1-8(12(16)17)11(15)14-7-6-9-4-2-3-5-10(9)13/h2-5,8H,6-7H2,1H3,(H,14,15)(H,16,17). The average molecular weight is 256 g/mol. The summed E-state index contributed by atoms with van der Waals surface area (Å²) in [4.78, 5) is 21.9. The van der Waals surface area contributed by atoms with E-state index < -0.39 is 17.8 Å². The molecule has 0 saturated carbocycles. The highest BCUT2D eigenvalue weighted by Crippen LogP contribution is 2.14. The Morgan fingerprint density at radius 3 is 2.65 bits per heavy atom. The highest BCUT2D eigenvalue weighted by atomic mass is 35.5. The van der Waals surface area contributed by atoms with E-state index in [-0.39, 0.29) is 0 Å². The second-order valence-electron chi connectivity index (χ2n) is 3.69. The van der Waals surface area contributed by atoms with Gasteiger partial charge in [0, 0.05) is 11.6 Å². The quantitative estimate of drug-likeness (QED) is 0.788. The lowest BCUT2D eigenvalue weighted by atomic mass is 10.1. The molecule has 1 amide bonds. The van der Waals surface area contributed by atoms with Gasteiger partial charge >= 0.3 is 5.97 Å². The van der Waals surface area contributed by atoms with Crippen molar-refractivity contribution in [2.24, 2.45) is 5.92 Å². The zero-order valence-electron chi connectivity index (χ0n) is 9.44. The summed E-state index contributed by atoms with van der Waals surface area (Å²) in [5.74, 6) is -2.63. The molecule has 0 bridgehead atoms. The smallest absolute Gasteiger partial charge is 0.315 e. The molecule has 2 N–H and O–H groups in total. The Bertz CT molecular complexity index is 420. The second-order valence-corrected chi connectivity index (χ2v) is 4.10. The van der Waals surface area contributed by atoms with E-state index in [2.05, 4.69) is 5.32 Å². The number of hydrogen-bond donors (Lipinski definition) is 2. The molecule has 0 aliphatic heterocycles. The van der Waals surface area contributed by atoms with Crippen molar-refractivity contribution >= 4 is 23.5 Å². The highest BCUT2D eigenvalue weighted by Gasteiger charge is 2.19. The van der Waals surface area contributed by atoms with Crippen molar-refractivity contribution in [2.45, 2.75) is 13.3 Å². The molecule has 1 aromatic carbocycles. The minimum atomic E-state index is -1.12. The summed E-state index contributed by atoms with van der Waals surface area (Å²) in [5.41, 5.74) is 0.928. The van der Waals surface area contributed by atoms with Crippen LogP contribution in [0.3, 0.4) is 0 Å². The van der Waals surface area contributed by atoms with Crippen LogP contribution in [0.1, 0.15) is 12.5 Å². The molecule has 1 rings (SSSR count). The lowest BCUT2D eigenvalue weighted by Gasteiger charge is -2.08. The first kappa shape index (κ1) is 13.5. The van der Waals surface area contributed by atoms with E-state index in [0.717, 1.165) is 5.56 Å². The van der Waals surface area contributed by atoms with Gasteiger partial charge in [-0.2, -0.15) is 0 Å². The van der Waals surface area contributed by atoms with Crippen LogP contribution in [0.25, 0.3) is 0 Å². The molecular formula is C12H14ClNO3. The fraction of sp³-hybridized carbons (Fsp3) is 0.333. The SMILES string of the molecule is CC(C(=O)O)C(=O)NCCc1ccccc1Cl. The number of benzene rings is 1. The van der Waals surface area contributed by atoms with Crippen molar-refractivity contribution in [2.75, 3.05) is 6.54 Å². The first-order chi connectivity index (χ1) is 8.02. The van der Waals surface area contributed by atoms with E-state index in [0.29, 0.717) is 18.0 Å². The molecule has 0 aromatic heterocycles. The van der Waals surface area contributed by atoms with Gasteiger partial charge in [0.1, 0.15) is 5.92 Å². The van der Waals surface area contributed by atoms with Crippen LogP contribution >= 0.6 is 11.6 Å². The lowest BCUT2D eigenvalue weighted by Crippen LogP contribution is -2.34. The number of halogens is 1. The topological polar surface area (TPSA) is 66.4 Å². The Kier molecular flexibility index (Phi) is 4.97. The molecule has 0 saturated heterocycles. The Hall–Kier alpha value is -1.55. The van der Waals surface area contributed by atoms with Crippen molar-refractivity contribution in [3.05, 3.63) is 34.9 Å². The highest BCUT2D eigenvalue weighted by molar-refractivity contribution is 6.31. The zero-order chi connectivity index (χ0) is 12.8. The molecule has 0 heterocycles. The summed E-state index contributed by atoms with van der Waals surface area (Å²) in [6, 6.07) is 7.34. The van der Waals surface area contributed by atoms with E-state index in [1.165, 1.54) is 6.92 Å². The fourth-order valence-corrected chi connectivity index (χ4v) is 1.52. The number of hydrogen-bond acceptors (Lipinski definition) is 2. The van der Waals surface area contributed by atoms with Gasteiger partial charge in [-0.1, -0.05) is 29.8 Å². The lowest BCUT2D eigenvalue weighted by molar-refractivity contribution is -0.146. The summed E-state index contributed by atoms with van der Waals surface area (Å²) in [7, 11) is 0. The van der Waals surface area contributed by atoms with E-state index in [1.807, 2.05) is 18.2 Å². The summed E-state index contributed by atoms with van der Waals surface area (Å²) in [5, 5.41) is 11.8. The van der Waals surface area contributed by atoms with Crippen LogP contribution < -0.4 is 5.32 Å². The van der Waals surface area contributed by atoms with Gasteiger partial charge < -0.3 is 10.4 Å². The van der Waals surface area contributed by atoms with Crippen LogP contribution in [0.4, 0.5) is 0 Å². The van der Waals surface area contributed by atoms with Gasteiger partial charge in [-0.05, 0) is 25.0 Å². The summed E-state index contributed by atoms with van der Waals surface area (Å²) in [6.45, 7) is 1.73. The number of amides is 1. The largest absolute Gasteiger partial charge is 0.481 e. The van der Waals surface area contributed by atoms with Crippen LogP contribution in [0.2, 0.25) is 5.02 Å². The van der Waals surface area contributed by atoms with Gasteiger partial charge in [0.15, 0.2) is 0 Å². The van der Waals surface area contributed by atoms with Gasteiger partial charge in [0.25, 0.3) is 0 Å². The Morgan fingerprint density at radius 2 is 2.06 bits per heavy atom. The molecule has 0 fully saturated rings. The number of carboxylic acid groups (broad SMARTS) is 1. The molecule has 0 radical (unpaired) electrons. The molecule has 1 aromatic rings. The van der Waals surface area contributed by atoms with Crippen LogP contribution in [0, 0.1) is 5.92 Å². The summed E-state index contributed by atoms with van der Waals surface area (Å²) >= 11 is 5.95. The van der Waals surface area contributed by atoms with Gasteiger partial charge in [0.2, 0.25) is 5.91 Å². The first-order valence-electron chi connectivity index (χ1n) is 5.26. The van der Waals surface area contributed by atoms with E-state index in [9.17, 15) is 9.59 Å². The van der Waals surface area contributed by atoms with Gasteiger partial charge in [-0.3, -0.25) is 9.59 Å². The number of carbonyl (C=O) groups excluding carboxylic acids is 1. The Labute approximate surface area is 105 Å². The van der Waals surface area contributed by atoms with Crippen molar-refractivity contribution in [1.29, 1.82) is 0 Å². The molecule has 4 nitrogen and oxygen atoms in total. The molecule has 0 aliphatic rings. The predicted octanol–water partition coefficient (Wildman–Crippen LogP) is 1.72. The molecule has 92 valence electrons. The Balaban J connectivity index is 2.41. The first-order valence-corrected chi connectivity index (χ1v) is 5.64. The summed E-state index contributed by atoms with van der Waals surface area (Å²) in [6.07, 6.45) is 0.581. The third-order valence-corrected chi connectivity index (χ3v) is 2.78. The zero-order valence-corrected chi connectivity index (χ0v) is 10.2. The van der Waals surface area contributed by atoms with Crippen LogP contribution in [-0.4, -0.2) is 23.5 Å². The van der Waals surface area contributed by atoms with Crippen LogP contribution in [0.5, 0.6) is 0 Å². The maximum absolute atomic E-state index is 11.3.